The zero-order valence-corrected chi connectivity index (χ0v) is 19.3. The monoisotopic (exact) mass is 455 g/mol. The number of ether oxygens (including phenoxy) is 2. The second kappa shape index (κ2) is 11.7. The van der Waals surface area contributed by atoms with Gasteiger partial charge in [0.15, 0.2) is 0 Å². The number of carbonyl (C=O) groups is 1. The molecule has 2 aromatic carbocycles. The average Bonchev–Trinajstić information content (AvgIpc) is 2.83. The van der Waals surface area contributed by atoms with Crippen molar-refractivity contribution in [2.45, 2.75) is 32.4 Å². The average molecular weight is 456 g/mol. The van der Waals surface area contributed by atoms with Gasteiger partial charge in [0.1, 0.15) is 11.6 Å². The molecule has 0 saturated carbocycles. The van der Waals surface area contributed by atoms with Gasteiger partial charge in [-0.25, -0.2) is 9.37 Å². The van der Waals surface area contributed by atoms with E-state index in [-0.39, 0.29) is 11.5 Å². The number of amides is 1. The summed E-state index contributed by atoms with van der Waals surface area (Å²) in [7, 11) is 3.18. The minimum absolute atomic E-state index is 0.169. The van der Waals surface area contributed by atoms with Crippen molar-refractivity contribution in [1.82, 2.24) is 14.5 Å². The van der Waals surface area contributed by atoms with Crippen molar-refractivity contribution in [1.29, 1.82) is 0 Å². The number of para-hydroxylation sites is 1. The number of halogens is 1. The van der Waals surface area contributed by atoms with E-state index in [0.29, 0.717) is 61.4 Å². The maximum Gasteiger partial charge on any atom is 0.261 e. The third-order valence-electron chi connectivity index (χ3n) is 5.57. The highest BCUT2D eigenvalue weighted by Crippen LogP contribution is 2.26. The summed E-state index contributed by atoms with van der Waals surface area (Å²) >= 11 is 0. The Labute approximate surface area is 192 Å². The fraction of sp³-hybridized carbons (Fsp3) is 0.400. The highest BCUT2D eigenvalue weighted by Gasteiger charge is 2.29. The fourth-order valence-corrected chi connectivity index (χ4v) is 3.92. The van der Waals surface area contributed by atoms with Gasteiger partial charge in [-0.1, -0.05) is 19.1 Å². The van der Waals surface area contributed by atoms with E-state index >= 15 is 0 Å². The molecule has 3 aromatic rings. The van der Waals surface area contributed by atoms with Crippen LogP contribution in [0.4, 0.5) is 4.39 Å². The Bertz CT molecular complexity index is 1130. The Hall–Kier alpha value is -3.10. The van der Waals surface area contributed by atoms with Crippen molar-refractivity contribution in [3.63, 3.8) is 0 Å². The van der Waals surface area contributed by atoms with Gasteiger partial charge in [-0.3, -0.25) is 14.2 Å². The molecule has 1 unspecified atom stereocenters. The summed E-state index contributed by atoms with van der Waals surface area (Å²) in [5, 5.41) is 0.517. The lowest BCUT2D eigenvalue weighted by molar-refractivity contribution is 0.0629. The van der Waals surface area contributed by atoms with Crippen LogP contribution in [0.3, 0.4) is 0 Å². The number of hydrogen-bond acceptors (Lipinski definition) is 5. The van der Waals surface area contributed by atoms with E-state index < -0.39 is 11.9 Å². The summed E-state index contributed by atoms with van der Waals surface area (Å²) < 4.78 is 25.5. The first-order valence-electron chi connectivity index (χ1n) is 11.1. The highest BCUT2D eigenvalue weighted by atomic mass is 19.1. The summed E-state index contributed by atoms with van der Waals surface area (Å²) in [5.74, 6) is -0.154. The number of carbonyl (C=O) groups excluding carboxylic acids is 1. The van der Waals surface area contributed by atoms with Gasteiger partial charge >= 0.3 is 0 Å². The molecular formula is C25H30FN3O4. The second-order valence-corrected chi connectivity index (χ2v) is 7.71. The summed E-state index contributed by atoms with van der Waals surface area (Å²) in [6, 6.07) is 12.2. The molecule has 3 rings (SSSR count). The number of hydrogen-bond donors (Lipinski definition) is 0. The summed E-state index contributed by atoms with van der Waals surface area (Å²) in [4.78, 5) is 33.4. The van der Waals surface area contributed by atoms with E-state index in [9.17, 15) is 14.0 Å². The van der Waals surface area contributed by atoms with Gasteiger partial charge in [0.2, 0.25) is 0 Å². The first-order valence-corrected chi connectivity index (χ1v) is 11.1. The van der Waals surface area contributed by atoms with Crippen LogP contribution in [0.15, 0.2) is 53.3 Å². The zero-order chi connectivity index (χ0) is 23.8. The van der Waals surface area contributed by atoms with E-state index in [4.69, 9.17) is 14.5 Å². The molecule has 0 N–H and O–H groups in total. The molecule has 33 heavy (non-hydrogen) atoms. The van der Waals surface area contributed by atoms with Crippen molar-refractivity contribution in [2.75, 3.05) is 34.0 Å². The lowest BCUT2D eigenvalue weighted by atomic mass is 10.1. The number of methoxy groups -OCH3 is 2. The molecule has 8 heteroatoms. The first kappa shape index (κ1) is 24.5. The zero-order valence-electron chi connectivity index (χ0n) is 19.3. The van der Waals surface area contributed by atoms with Gasteiger partial charge in [-0.2, -0.15) is 0 Å². The fourth-order valence-electron chi connectivity index (χ4n) is 3.92. The number of rotatable bonds is 11. The molecule has 7 nitrogen and oxygen atoms in total. The normalized spacial score (nSPS) is 12.1. The van der Waals surface area contributed by atoms with E-state index in [0.717, 1.165) is 0 Å². The molecule has 0 aliphatic carbocycles. The van der Waals surface area contributed by atoms with Crippen molar-refractivity contribution in [2.24, 2.45) is 0 Å². The van der Waals surface area contributed by atoms with Crippen molar-refractivity contribution >= 4 is 16.8 Å². The third kappa shape index (κ3) is 5.64. The van der Waals surface area contributed by atoms with Crippen LogP contribution in [0, 0.1) is 5.82 Å². The van der Waals surface area contributed by atoms with E-state index in [1.54, 1.807) is 41.9 Å². The molecule has 0 saturated heterocycles. The second-order valence-electron chi connectivity index (χ2n) is 7.71. The lowest BCUT2D eigenvalue weighted by Gasteiger charge is -2.32. The number of aromatic nitrogens is 2. The van der Waals surface area contributed by atoms with Gasteiger partial charge in [0.05, 0.1) is 30.1 Å². The number of fused-ring (bicyclic) bond motifs is 1. The lowest BCUT2D eigenvalue weighted by Crippen LogP contribution is -2.40. The molecule has 1 heterocycles. The number of benzene rings is 2. The van der Waals surface area contributed by atoms with E-state index in [1.807, 2.05) is 13.0 Å². The Morgan fingerprint density at radius 1 is 1.09 bits per heavy atom. The SMILES string of the molecule is CCC(c1nc2ccccc2c(=O)n1CCOC)N(CCCOC)C(=O)c1ccc(F)cc1. The quantitative estimate of drug-likeness (QED) is 0.411. The van der Waals surface area contributed by atoms with Crippen LogP contribution in [0.5, 0.6) is 0 Å². The van der Waals surface area contributed by atoms with Gasteiger partial charge < -0.3 is 14.4 Å². The molecule has 1 aromatic heterocycles. The van der Waals surface area contributed by atoms with Crippen molar-refractivity contribution < 1.29 is 18.7 Å². The predicted molar refractivity (Wildman–Crippen MR) is 125 cm³/mol. The highest BCUT2D eigenvalue weighted by molar-refractivity contribution is 5.94. The summed E-state index contributed by atoms with van der Waals surface area (Å²) in [6.45, 7) is 3.48. The molecule has 1 atom stereocenters. The van der Waals surface area contributed by atoms with Crippen molar-refractivity contribution in [3.8, 4) is 0 Å². The van der Waals surface area contributed by atoms with E-state index in [2.05, 4.69) is 0 Å². The summed E-state index contributed by atoms with van der Waals surface area (Å²) in [6.07, 6.45) is 1.15. The van der Waals surface area contributed by atoms with Crippen LogP contribution in [-0.4, -0.2) is 54.3 Å². The first-order chi connectivity index (χ1) is 16.0. The molecule has 1 amide bonds. The minimum atomic E-state index is -0.464. The molecule has 176 valence electrons. The predicted octanol–water partition coefficient (Wildman–Crippen LogP) is 3.81. The van der Waals surface area contributed by atoms with Gasteiger partial charge in [-0.15, -0.1) is 0 Å². The largest absolute Gasteiger partial charge is 0.385 e. The topological polar surface area (TPSA) is 73.7 Å². The van der Waals surface area contributed by atoms with Crippen LogP contribution in [0.25, 0.3) is 10.9 Å². The van der Waals surface area contributed by atoms with E-state index in [1.165, 1.54) is 24.3 Å². The number of nitrogens with zero attached hydrogens (tertiary/aromatic N) is 3. The molecule has 0 spiro atoms. The Morgan fingerprint density at radius 2 is 1.79 bits per heavy atom. The maximum atomic E-state index is 13.5. The van der Waals surface area contributed by atoms with Crippen LogP contribution >= 0.6 is 0 Å². The standard InChI is InChI=1S/C25H30FN3O4/c1-4-22(28(14-7-16-32-2)24(30)18-10-12-19(26)13-11-18)23-27-21-9-6-5-8-20(21)25(31)29(23)15-17-33-3/h5-6,8-13,22H,4,7,14-17H2,1-3H3. The molecular weight excluding hydrogens is 425 g/mol. The van der Waals surface area contributed by atoms with Gasteiger partial charge in [-0.05, 0) is 49.2 Å². The van der Waals surface area contributed by atoms with Gasteiger partial charge in [0.25, 0.3) is 11.5 Å². The molecule has 0 aliphatic rings. The molecule has 0 aliphatic heterocycles. The molecule has 0 fully saturated rings. The summed E-state index contributed by atoms with van der Waals surface area (Å²) in [5.41, 5.74) is 0.784. The Kier molecular flexibility index (Phi) is 8.68. The molecule has 0 radical (unpaired) electrons. The smallest absolute Gasteiger partial charge is 0.261 e. The molecule has 0 bridgehead atoms. The maximum absolute atomic E-state index is 13.5. The van der Waals surface area contributed by atoms with Crippen molar-refractivity contribution in [3.05, 3.63) is 76.1 Å². The Morgan fingerprint density at radius 3 is 2.45 bits per heavy atom. The van der Waals surface area contributed by atoms with Crippen LogP contribution in [-0.2, 0) is 16.0 Å². The van der Waals surface area contributed by atoms with Crippen LogP contribution in [0.2, 0.25) is 0 Å². The van der Waals surface area contributed by atoms with Crippen LogP contribution < -0.4 is 5.56 Å². The minimum Gasteiger partial charge on any atom is -0.385 e. The Balaban J connectivity index is 2.12. The van der Waals surface area contributed by atoms with Crippen LogP contribution in [0.1, 0.15) is 42.0 Å². The third-order valence-corrected chi connectivity index (χ3v) is 5.57. The van der Waals surface area contributed by atoms with Gasteiger partial charge in [0, 0.05) is 32.9 Å².